The molecule has 0 unspecified atom stereocenters. The fourth-order valence-electron chi connectivity index (χ4n) is 4.94. The third-order valence-electron chi connectivity index (χ3n) is 7.14. The van der Waals surface area contributed by atoms with Crippen LogP contribution in [-0.2, 0) is 9.59 Å². The Kier molecular flexibility index (Phi) is 11.1. The molecule has 0 bridgehead atoms. The van der Waals surface area contributed by atoms with E-state index in [1.54, 1.807) is 18.2 Å². The van der Waals surface area contributed by atoms with E-state index in [0.29, 0.717) is 30.0 Å². The molecule has 2 aromatic carbocycles. The maximum Gasteiger partial charge on any atom is 0.295 e. The average Bonchev–Trinajstić information content (AvgIpc) is 3.22. The minimum atomic E-state index is -0.866. The summed E-state index contributed by atoms with van der Waals surface area (Å²) in [4.78, 5) is 41.2. The van der Waals surface area contributed by atoms with Gasteiger partial charge in [-0.3, -0.25) is 19.7 Å². The third kappa shape index (κ3) is 6.98. The van der Waals surface area contributed by atoms with Crippen molar-refractivity contribution in [3.63, 3.8) is 0 Å². The van der Waals surface area contributed by atoms with E-state index in [-0.39, 0.29) is 22.6 Å². The lowest BCUT2D eigenvalue weighted by molar-refractivity contribution is -0.384. The summed E-state index contributed by atoms with van der Waals surface area (Å²) in [6.07, 6.45) is 5.03. The number of nitrogens with zero attached hydrogens (tertiary/aromatic N) is 3. The molecule has 1 amide bonds. The minimum Gasteiger partial charge on any atom is -0.507 e. The van der Waals surface area contributed by atoms with Crippen LogP contribution in [0.2, 0.25) is 0 Å². The number of non-ortho nitro benzene ring substituents is 1. The van der Waals surface area contributed by atoms with E-state index < -0.39 is 22.7 Å². The summed E-state index contributed by atoms with van der Waals surface area (Å²) < 4.78 is 10.8. The Hall–Kier alpha value is -3.92. The van der Waals surface area contributed by atoms with Crippen LogP contribution in [0.15, 0.2) is 48.0 Å². The van der Waals surface area contributed by atoms with Gasteiger partial charge < -0.3 is 24.4 Å². The topological polar surface area (TPSA) is 122 Å². The molecule has 2 aromatic rings. The van der Waals surface area contributed by atoms with Crippen LogP contribution in [0.4, 0.5) is 5.69 Å². The fourth-order valence-corrected chi connectivity index (χ4v) is 4.94. The number of amides is 1. The second kappa shape index (κ2) is 14.5. The van der Waals surface area contributed by atoms with Crippen molar-refractivity contribution in [3.05, 3.63) is 69.3 Å². The van der Waals surface area contributed by atoms with E-state index in [0.717, 1.165) is 45.3 Å². The Morgan fingerprint density at radius 2 is 1.55 bits per heavy atom. The number of hydrogen-bond donors (Lipinski definition) is 1. The Morgan fingerprint density at radius 1 is 0.950 bits per heavy atom. The number of aliphatic hydroxyl groups excluding tert-OH is 1. The van der Waals surface area contributed by atoms with Gasteiger partial charge in [0.2, 0.25) is 0 Å². The van der Waals surface area contributed by atoms with Crippen LogP contribution in [0.3, 0.4) is 0 Å². The number of carbonyl (C=O) groups excluding carboxylic acids is 2. The first-order chi connectivity index (χ1) is 19.3. The fraction of sp³-hybridized carbons (Fsp3) is 0.467. The number of benzene rings is 2. The monoisotopic (exact) mass is 553 g/mol. The van der Waals surface area contributed by atoms with Crippen molar-refractivity contribution in [1.82, 2.24) is 9.80 Å². The molecule has 216 valence electrons. The number of Topliss-reactive ketones (excluding diaryl/α,β-unsaturated/α-hetero) is 1. The summed E-state index contributed by atoms with van der Waals surface area (Å²) in [5, 5.41) is 22.4. The Balaban J connectivity index is 2.00. The van der Waals surface area contributed by atoms with Gasteiger partial charge in [0, 0.05) is 24.2 Å². The second-order valence-electron chi connectivity index (χ2n) is 9.81. The maximum absolute atomic E-state index is 13.4. The zero-order chi connectivity index (χ0) is 29.2. The van der Waals surface area contributed by atoms with Crippen molar-refractivity contribution >= 4 is 23.1 Å². The number of likely N-dealkylation sites (tertiary alicyclic amines) is 1. The molecule has 0 spiro atoms. The van der Waals surface area contributed by atoms with Gasteiger partial charge in [-0.1, -0.05) is 32.8 Å². The van der Waals surface area contributed by atoms with Crippen LogP contribution < -0.4 is 9.47 Å². The standard InChI is InChI=1S/C30H39N3O7/c1-5-7-16-31(17-8-6-2)18-9-19-32-27(22-12-15-24(39-3)25(20-22)40-4)26(29(35)30(32)36)28(34)21-10-13-23(14-11-21)33(37)38/h10-15,20,27,34H,5-9,16-19H2,1-4H3/t27-/m0/s1. The highest BCUT2D eigenvalue weighted by molar-refractivity contribution is 6.46. The highest BCUT2D eigenvalue weighted by atomic mass is 16.6. The summed E-state index contributed by atoms with van der Waals surface area (Å²) in [6.45, 7) is 7.37. The Bertz CT molecular complexity index is 1220. The molecule has 1 fully saturated rings. The van der Waals surface area contributed by atoms with E-state index >= 15 is 0 Å². The summed E-state index contributed by atoms with van der Waals surface area (Å²) >= 11 is 0. The van der Waals surface area contributed by atoms with Crippen LogP contribution in [0.25, 0.3) is 5.76 Å². The molecule has 3 rings (SSSR count). The number of nitro benzene ring substituents is 1. The first-order valence-corrected chi connectivity index (χ1v) is 13.7. The molecule has 10 nitrogen and oxygen atoms in total. The molecular weight excluding hydrogens is 514 g/mol. The minimum absolute atomic E-state index is 0.0695. The third-order valence-corrected chi connectivity index (χ3v) is 7.14. The lowest BCUT2D eigenvalue weighted by atomic mass is 9.95. The number of aliphatic hydroxyl groups is 1. The van der Waals surface area contributed by atoms with Crippen LogP contribution in [-0.4, -0.2) is 71.9 Å². The lowest BCUT2D eigenvalue weighted by Crippen LogP contribution is -2.34. The number of hydrogen-bond acceptors (Lipinski definition) is 8. The summed E-state index contributed by atoms with van der Waals surface area (Å²) in [5.74, 6) is -0.975. The van der Waals surface area contributed by atoms with Crippen molar-refractivity contribution in [2.45, 2.75) is 52.0 Å². The zero-order valence-electron chi connectivity index (χ0n) is 23.7. The first kappa shape index (κ1) is 30.6. The molecule has 1 atom stereocenters. The average molecular weight is 554 g/mol. The highest BCUT2D eigenvalue weighted by Crippen LogP contribution is 2.42. The van der Waals surface area contributed by atoms with Crippen molar-refractivity contribution in [1.29, 1.82) is 0 Å². The first-order valence-electron chi connectivity index (χ1n) is 13.7. The molecule has 1 heterocycles. The lowest BCUT2D eigenvalue weighted by Gasteiger charge is -2.28. The van der Waals surface area contributed by atoms with Crippen LogP contribution >= 0.6 is 0 Å². The number of nitro groups is 1. The highest BCUT2D eigenvalue weighted by Gasteiger charge is 2.46. The number of carbonyl (C=O) groups is 2. The number of ketones is 1. The van der Waals surface area contributed by atoms with Crippen molar-refractivity contribution in [2.24, 2.45) is 0 Å². The predicted molar refractivity (Wildman–Crippen MR) is 153 cm³/mol. The molecule has 0 aromatic heterocycles. The second-order valence-corrected chi connectivity index (χ2v) is 9.81. The zero-order valence-corrected chi connectivity index (χ0v) is 23.7. The number of ether oxygens (including phenoxy) is 2. The normalized spacial score (nSPS) is 16.5. The Morgan fingerprint density at radius 3 is 2.10 bits per heavy atom. The van der Waals surface area contributed by atoms with Gasteiger partial charge in [-0.05, 0) is 68.7 Å². The maximum atomic E-state index is 13.4. The largest absolute Gasteiger partial charge is 0.507 e. The smallest absolute Gasteiger partial charge is 0.295 e. The van der Waals surface area contributed by atoms with Gasteiger partial charge in [-0.2, -0.15) is 0 Å². The van der Waals surface area contributed by atoms with Gasteiger partial charge in [0.25, 0.3) is 17.4 Å². The number of unbranched alkanes of at least 4 members (excludes halogenated alkanes) is 2. The van der Waals surface area contributed by atoms with Gasteiger partial charge in [0.1, 0.15) is 5.76 Å². The van der Waals surface area contributed by atoms with Crippen molar-refractivity contribution in [2.75, 3.05) is 40.4 Å². The van der Waals surface area contributed by atoms with Crippen LogP contribution in [0.1, 0.15) is 63.1 Å². The van der Waals surface area contributed by atoms with Gasteiger partial charge >= 0.3 is 0 Å². The molecule has 1 aliphatic rings. The van der Waals surface area contributed by atoms with Crippen LogP contribution in [0.5, 0.6) is 11.5 Å². The van der Waals surface area contributed by atoms with E-state index in [4.69, 9.17) is 9.47 Å². The quantitative estimate of drug-likeness (QED) is 0.103. The van der Waals surface area contributed by atoms with E-state index in [1.807, 2.05) is 0 Å². The van der Waals surface area contributed by atoms with Gasteiger partial charge in [0.05, 0.1) is 30.8 Å². The number of methoxy groups -OCH3 is 2. The Labute approximate surface area is 235 Å². The van der Waals surface area contributed by atoms with E-state index in [9.17, 15) is 24.8 Å². The molecule has 40 heavy (non-hydrogen) atoms. The molecule has 1 saturated heterocycles. The molecule has 1 aliphatic heterocycles. The van der Waals surface area contributed by atoms with Crippen molar-refractivity contribution in [3.8, 4) is 11.5 Å². The number of rotatable bonds is 15. The molecule has 1 N–H and O–H groups in total. The molecule has 0 aliphatic carbocycles. The molecule has 0 saturated carbocycles. The van der Waals surface area contributed by atoms with E-state index in [2.05, 4.69) is 18.7 Å². The van der Waals surface area contributed by atoms with Crippen LogP contribution in [0, 0.1) is 10.1 Å². The van der Waals surface area contributed by atoms with Gasteiger partial charge in [-0.25, -0.2) is 0 Å². The molecule has 10 heteroatoms. The van der Waals surface area contributed by atoms with Gasteiger partial charge in [0.15, 0.2) is 11.5 Å². The molecule has 0 radical (unpaired) electrons. The summed E-state index contributed by atoms with van der Waals surface area (Å²) in [6, 6.07) is 9.49. The molecular formula is C30H39N3O7. The van der Waals surface area contributed by atoms with Crippen molar-refractivity contribution < 1.29 is 29.1 Å². The van der Waals surface area contributed by atoms with E-state index in [1.165, 1.54) is 43.4 Å². The van der Waals surface area contributed by atoms with Gasteiger partial charge in [-0.15, -0.1) is 0 Å². The SMILES string of the molecule is CCCCN(CCCC)CCCN1C(=O)C(=O)C(=C(O)c2ccc([N+](=O)[O-])cc2)[C@@H]1c1ccc(OC)c(OC)c1. The predicted octanol–water partition coefficient (Wildman–Crippen LogP) is 5.33. The summed E-state index contributed by atoms with van der Waals surface area (Å²) in [7, 11) is 3.01. The summed E-state index contributed by atoms with van der Waals surface area (Å²) in [5.41, 5.74) is 0.567.